The Morgan fingerprint density at radius 1 is 1.06 bits per heavy atom. The number of nitro groups is 2. The van der Waals surface area contributed by atoms with Crippen LogP contribution in [0.25, 0.3) is 0 Å². The molecule has 1 fully saturated rings. The van der Waals surface area contributed by atoms with Crippen LogP contribution in [0.1, 0.15) is 24.0 Å². The summed E-state index contributed by atoms with van der Waals surface area (Å²) in [6, 6.07) is 8.11. The molecule has 0 radical (unpaired) electrons. The first-order chi connectivity index (χ1) is 15.0. The smallest absolute Gasteiger partial charge is 0.274 e. The van der Waals surface area contributed by atoms with Crippen molar-refractivity contribution in [2.45, 2.75) is 31.6 Å². The highest BCUT2D eigenvalue weighted by Gasteiger charge is 2.34. The molecule has 12 heteroatoms. The number of carbonyl (C=O) groups excluding carboxylic acids is 1. The lowest BCUT2D eigenvalue weighted by molar-refractivity contribution is -0.385. The Bertz CT molecular complexity index is 1190. The van der Waals surface area contributed by atoms with E-state index >= 15 is 0 Å². The van der Waals surface area contributed by atoms with E-state index in [2.05, 4.69) is 5.32 Å². The molecule has 0 aliphatic carbocycles. The topological polar surface area (TPSA) is 153 Å². The average molecular weight is 462 g/mol. The molecule has 0 saturated carbocycles. The number of sulfonamides is 1. The van der Waals surface area contributed by atoms with Gasteiger partial charge >= 0.3 is 0 Å². The molecule has 1 aliphatic heterocycles. The fourth-order valence-electron chi connectivity index (χ4n) is 3.67. The fraction of sp³-hybridized carbons (Fsp3) is 0.350. The summed E-state index contributed by atoms with van der Waals surface area (Å²) in [5.74, 6) is -0.802. The van der Waals surface area contributed by atoms with Crippen LogP contribution >= 0.6 is 0 Å². The number of anilines is 1. The van der Waals surface area contributed by atoms with Crippen LogP contribution in [-0.2, 0) is 14.8 Å². The summed E-state index contributed by atoms with van der Waals surface area (Å²) in [5, 5.41) is 24.8. The van der Waals surface area contributed by atoms with Gasteiger partial charge in [0.25, 0.3) is 11.4 Å². The van der Waals surface area contributed by atoms with E-state index in [1.807, 2.05) is 0 Å². The minimum atomic E-state index is -3.96. The second-order valence-electron chi connectivity index (χ2n) is 7.58. The van der Waals surface area contributed by atoms with Crippen LogP contribution in [-0.4, -0.2) is 41.6 Å². The summed E-state index contributed by atoms with van der Waals surface area (Å²) in [7, 11) is -3.96. The van der Waals surface area contributed by atoms with Gasteiger partial charge in [-0.2, -0.15) is 4.31 Å². The van der Waals surface area contributed by atoms with Crippen LogP contribution in [0.2, 0.25) is 0 Å². The number of non-ortho nitro benzene ring substituents is 1. The number of benzene rings is 2. The zero-order valence-electron chi connectivity index (χ0n) is 17.5. The van der Waals surface area contributed by atoms with Crippen molar-refractivity contribution in [3.63, 3.8) is 0 Å². The summed E-state index contributed by atoms with van der Waals surface area (Å²) in [6.07, 6.45) is 0.514. The highest BCUT2D eigenvalue weighted by Crippen LogP contribution is 2.30. The Balaban J connectivity index is 1.71. The maximum Gasteiger partial charge on any atom is 0.274 e. The average Bonchev–Trinajstić information content (AvgIpc) is 2.75. The van der Waals surface area contributed by atoms with E-state index in [9.17, 15) is 33.4 Å². The summed E-state index contributed by atoms with van der Waals surface area (Å²) in [6.45, 7) is 3.27. The van der Waals surface area contributed by atoms with Gasteiger partial charge in [0.05, 0.1) is 26.0 Å². The zero-order valence-corrected chi connectivity index (χ0v) is 18.3. The largest absolute Gasteiger partial charge is 0.325 e. The van der Waals surface area contributed by atoms with Crippen molar-refractivity contribution in [3.05, 3.63) is 67.8 Å². The lowest BCUT2D eigenvalue weighted by Crippen LogP contribution is -2.41. The van der Waals surface area contributed by atoms with E-state index in [0.717, 1.165) is 6.07 Å². The Morgan fingerprint density at radius 3 is 2.31 bits per heavy atom. The van der Waals surface area contributed by atoms with Gasteiger partial charge in [0.15, 0.2) is 0 Å². The molecule has 0 spiro atoms. The molecule has 1 aliphatic rings. The van der Waals surface area contributed by atoms with E-state index in [-0.39, 0.29) is 48.1 Å². The minimum Gasteiger partial charge on any atom is -0.325 e. The molecule has 0 unspecified atom stereocenters. The molecule has 2 aromatic rings. The van der Waals surface area contributed by atoms with Gasteiger partial charge in [-0.15, -0.1) is 0 Å². The third-order valence-corrected chi connectivity index (χ3v) is 7.63. The van der Waals surface area contributed by atoms with Gasteiger partial charge in [-0.25, -0.2) is 8.42 Å². The molecule has 32 heavy (non-hydrogen) atoms. The predicted octanol–water partition coefficient (Wildman–Crippen LogP) is 3.16. The first-order valence-electron chi connectivity index (χ1n) is 9.82. The number of hydrogen-bond acceptors (Lipinski definition) is 7. The van der Waals surface area contributed by atoms with Crippen molar-refractivity contribution in [1.29, 1.82) is 0 Å². The van der Waals surface area contributed by atoms with Gasteiger partial charge in [0.1, 0.15) is 0 Å². The highest BCUT2D eigenvalue weighted by molar-refractivity contribution is 7.89. The van der Waals surface area contributed by atoms with Gasteiger partial charge in [0, 0.05) is 37.2 Å². The summed E-state index contributed by atoms with van der Waals surface area (Å²) in [4.78, 5) is 33.5. The molecule has 1 heterocycles. The van der Waals surface area contributed by atoms with Gasteiger partial charge in [-0.1, -0.05) is 12.1 Å². The quantitative estimate of drug-likeness (QED) is 0.511. The van der Waals surface area contributed by atoms with E-state index in [0.29, 0.717) is 16.8 Å². The van der Waals surface area contributed by atoms with Gasteiger partial charge in [-0.3, -0.25) is 25.0 Å². The van der Waals surface area contributed by atoms with Gasteiger partial charge in [0.2, 0.25) is 15.9 Å². The van der Waals surface area contributed by atoms with Crippen molar-refractivity contribution in [2.24, 2.45) is 5.92 Å². The lowest BCUT2D eigenvalue weighted by Gasteiger charge is -2.31. The summed E-state index contributed by atoms with van der Waals surface area (Å²) in [5.41, 5.74) is 0.668. The molecule has 0 aromatic heterocycles. The Labute approximate surface area is 184 Å². The monoisotopic (exact) mass is 462 g/mol. The van der Waals surface area contributed by atoms with Crippen LogP contribution in [0.15, 0.2) is 41.3 Å². The van der Waals surface area contributed by atoms with Crippen LogP contribution < -0.4 is 5.32 Å². The molecule has 1 amide bonds. The normalized spacial score (nSPS) is 15.3. The van der Waals surface area contributed by atoms with Crippen LogP contribution in [0.3, 0.4) is 0 Å². The SMILES string of the molecule is Cc1ccc([N+](=O)[O-])cc1S(=O)(=O)N1CCC(C(=O)Nc2cccc([N+](=O)[O-])c2C)CC1. The second kappa shape index (κ2) is 9.01. The summed E-state index contributed by atoms with van der Waals surface area (Å²) >= 11 is 0. The Kier molecular flexibility index (Phi) is 6.55. The first-order valence-corrected chi connectivity index (χ1v) is 11.3. The first kappa shape index (κ1) is 23.3. The molecule has 2 aromatic carbocycles. The van der Waals surface area contributed by atoms with E-state index < -0.39 is 25.8 Å². The number of nitrogens with one attached hydrogen (secondary N) is 1. The predicted molar refractivity (Wildman–Crippen MR) is 116 cm³/mol. The third kappa shape index (κ3) is 4.60. The number of amides is 1. The Hall–Kier alpha value is -3.38. The van der Waals surface area contributed by atoms with Crippen molar-refractivity contribution >= 4 is 33.0 Å². The summed E-state index contributed by atoms with van der Waals surface area (Å²) < 4.78 is 27.3. The van der Waals surface area contributed by atoms with Crippen LogP contribution in [0, 0.1) is 40.0 Å². The molecular formula is C20H22N4O7S. The second-order valence-corrected chi connectivity index (χ2v) is 9.49. The van der Waals surface area contributed by atoms with Crippen molar-refractivity contribution in [2.75, 3.05) is 18.4 Å². The van der Waals surface area contributed by atoms with E-state index in [1.54, 1.807) is 19.9 Å². The van der Waals surface area contributed by atoms with E-state index in [1.165, 1.54) is 28.6 Å². The minimum absolute atomic E-state index is 0.0798. The molecule has 0 bridgehead atoms. The maximum absolute atomic E-state index is 13.0. The molecule has 170 valence electrons. The maximum atomic E-state index is 13.0. The third-order valence-electron chi connectivity index (χ3n) is 5.58. The standard InChI is InChI=1S/C20H22N4O7S/c1-13-6-7-16(23(26)27)12-19(13)32(30,31)22-10-8-15(9-11-22)20(25)21-17-4-3-5-18(14(17)2)24(28)29/h3-7,12,15H,8-11H2,1-2H3,(H,21,25). The molecular weight excluding hydrogens is 440 g/mol. The van der Waals surface area contributed by atoms with Gasteiger partial charge < -0.3 is 5.32 Å². The number of aryl methyl sites for hydroxylation is 1. The van der Waals surface area contributed by atoms with Crippen molar-refractivity contribution < 1.29 is 23.1 Å². The molecule has 1 N–H and O–H groups in total. The van der Waals surface area contributed by atoms with Crippen molar-refractivity contribution in [1.82, 2.24) is 4.31 Å². The number of hydrogen-bond donors (Lipinski definition) is 1. The number of nitrogens with zero attached hydrogens (tertiary/aromatic N) is 3. The van der Waals surface area contributed by atoms with Gasteiger partial charge in [-0.05, 0) is 38.3 Å². The molecule has 1 saturated heterocycles. The molecule has 0 atom stereocenters. The van der Waals surface area contributed by atoms with Crippen molar-refractivity contribution in [3.8, 4) is 0 Å². The van der Waals surface area contributed by atoms with E-state index in [4.69, 9.17) is 0 Å². The van der Waals surface area contributed by atoms with Crippen LogP contribution in [0.5, 0.6) is 0 Å². The molecule has 11 nitrogen and oxygen atoms in total. The fourth-order valence-corrected chi connectivity index (χ4v) is 5.38. The number of piperidine rings is 1. The number of nitro benzene ring substituents is 2. The van der Waals surface area contributed by atoms with Crippen LogP contribution in [0.4, 0.5) is 17.1 Å². The Morgan fingerprint density at radius 2 is 1.72 bits per heavy atom. The highest BCUT2D eigenvalue weighted by atomic mass is 32.2. The number of rotatable bonds is 6. The molecule has 3 rings (SSSR count). The number of carbonyl (C=O) groups is 1. The zero-order chi connectivity index (χ0) is 23.6. The lowest BCUT2D eigenvalue weighted by atomic mass is 9.97.